The zero-order valence-corrected chi connectivity index (χ0v) is 19.1. The molecule has 2 heterocycles. The zero-order valence-electron chi connectivity index (χ0n) is 19.1. The molecular formula is C26H23N5O3. The van der Waals surface area contributed by atoms with Gasteiger partial charge in [0.2, 0.25) is 0 Å². The first-order valence-electron chi connectivity index (χ1n) is 11.1. The number of hydrogen-bond donors (Lipinski definition) is 1. The van der Waals surface area contributed by atoms with E-state index in [0.717, 1.165) is 28.2 Å². The molecule has 3 atom stereocenters. The molecule has 8 nitrogen and oxygen atoms in total. The first-order valence-corrected chi connectivity index (χ1v) is 11.1. The van der Waals surface area contributed by atoms with Gasteiger partial charge in [0.05, 0.1) is 46.2 Å². The van der Waals surface area contributed by atoms with Crippen molar-refractivity contribution in [2.45, 2.75) is 32.1 Å². The molecular weight excluding hydrogens is 430 g/mol. The summed E-state index contributed by atoms with van der Waals surface area (Å²) in [6.45, 7) is 3.70. The van der Waals surface area contributed by atoms with Crippen molar-refractivity contribution in [3.63, 3.8) is 0 Å². The van der Waals surface area contributed by atoms with Gasteiger partial charge in [0.15, 0.2) is 5.78 Å². The second-order valence-corrected chi connectivity index (χ2v) is 9.06. The largest absolute Gasteiger partial charge is 0.478 e. The average Bonchev–Trinajstić information content (AvgIpc) is 3.26. The van der Waals surface area contributed by atoms with Crippen LogP contribution in [0, 0.1) is 30.1 Å². The summed E-state index contributed by atoms with van der Waals surface area (Å²) in [5.41, 5.74) is 3.61. The lowest BCUT2D eigenvalue weighted by molar-refractivity contribution is -0.121. The van der Waals surface area contributed by atoms with E-state index in [2.05, 4.69) is 11.1 Å². The number of benzene rings is 1. The van der Waals surface area contributed by atoms with Gasteiger partial charge >= 0.3 is 5.97 Å². The molecule has 0 spiro atoms. The number of nitrogens with zero attached hydrogens (tertiary/aromatic N) is 5. The standard InChI is InChI=1S/C26H23N5O3/c1-14-20-9-8-19-22(21-12-28-13-31(21)3)29-15(2)30-24(19)26(20,10-17(11-27)23(14)32)18-6-4-16(5-7-18)25(33)34/h4-7,10,12-14,20H,8-9H2,1-3H3,(H,33,34)/t14-,20-,26+/m0/s1. The Kier molecular flexibility index (Phi) is 4.94. The van der Waals surface area contributed by atoms with Crippen LogP contribution in [0.25, 0.3) is 11.4 Å². The number of rotatable bonds is 3. The lowest BCUT2D eigenvalue weighted by Crippen LogP contribution is -2.48. The van der Waals surface area contributed by atoms with Crippen LogP contribution in [0.4, 0.5) is 0 Å². The van der Waals surface area contributed by atoms with E-state index in [1.807, 2.05) is 25.5 Å². The summed E-state index contributed by atoms with van der Waals surface area (Å²) in [7, 11) is 1.91. The summed E-state index contributed by atoms with van der Waals surface area (Å²) in [6.07, 6.45) is 6.63. The maximum absolute atomic E-state index is 13.0. The van der Waals surface area contributed by atoms with Crippen LogP contribution in [-0.2, 0) is 23.7 Å². The Hall–Kier alpha value is -4.12. The number of carbonyl (C=O) groups excluding carboxylic acids is 1. The predicted octanol–water partition coefficient (Wildman–Crippen LogP) is 3.40. The number of allylic oxidation sites excluding steroid dienone is 2. The van der Waals surface area contributed by atoms with Crippen molar-refractivity contribution >= 4 is 11.8 Å². The van der Waals surface area contributed by atoms with Crippen molar-refractivity contribution in [2.75, 3.05) is 0 Å². The van der Waals surface area contributed by atoms with Crippen LogP contribution in [0.5, 0.6) is 0 Å². The quantitative estimate of drug-likeness (QED) is 0.645. The van der Waals surface area contributed by atoms with Crippen LogP contribution in [0.15, 0.2) is 48.4 Å². The Morgan fingerprint density at radius 1 is 1.26 bits per heavy atom. The van der Waals surface area contributed by atoms with E-state index >= 15 is 0 Å². The fourth-order valence-electron chi connectivity index (χ4n) is 5.63. The minimum atomic E-state index is -1.01. The topological polar surface area (TPSA) is 122 Å². The van der Waals surface area contributed by atoms with Gasteiger partial charge in [-0.1, -0.05) is 19.1 Å². The minimum Gasteiger partial charge on any atom is -0.478 e. The number of carbonyl (C=O) groups is 2. The molecule has 0 unspecified atom stereocenters. The number of nitriles is 1. The Morgan fingerprint density at radius 3 is 2.62 bits per heavy atom. The highest BCUT2D eigenvalue weighted by molar-refractivity contribution is 6.02. The third-order valence-corrected chi connectivity index (χ3v) is 7.24. The van der Waals surface area contributed by atoms with Gasteiger partial charge in [0.25, 0.3) is 0 Å². The maximum atomic E-state index is 13.0. The summed E-state index contributed by atoms with van der Waals surface area (Å²) >= 11 is 0. The van der Waals surface area contributed by atoms with Gasteiger partial charge in [-0.25, -0.2) is 19.7 Å². The molecule has 0 bridgehead atoms. The molecule has 0 fully saturated rings. The summed E-state index contributed by atoms with van der Waals surface area (Å²) in [5, 5.41) is 19.2. The van der Waals surface area contributed by atoms with Crippen LogP contribution in [-0.4, -0.2) is 36.4 Å². The van der Waals surface area contributed by atoms with E-state index in [4.69, 9.17) is 9.97 Å². The van der Waals surface area contributed by atoms with Crippen molar-refractivity contribution in [1.82, 2.24) is 19.5 Å². The molecule has 170 valence electrons. The monoisotopic (exact) mass is 453 g/mol. The molecule has 3 aromatic rings. The number of aromatic carboxylic acids is 1. The normalized spacial score (nSPS) is 23.5. The van der Waals surface area contributed by atoms with Crippen molar-refractivity contribution in [3.8, 4) is 17.5 Å². The van der Waals surface area contributed by atoms with E-state index in [0.29, 0.717) is 18.7 Å². The molecule has 0 saturated heterocycles. The van der Waals surface area contributed by atoms with Crippen LogP contribution in [0.1, 0.15) is 46.3 Å². The molecule has 2 aliphatic rings. The molecule has 0 amide bonds. The van der Waals surface area contributed by atoms with Crippen LogP contribution < -0.4 is 0 Å². The number of hydrogen-bond acceptors (Lipinski definition) is 6. The van der Waals surface area contributed by atoms with Crippen LogP contribution in [0.3, 0.4) is 0 Å². The van der Waals surface area contributed by atoms with E-state index < -0.39 is 11.4 Å². The molecule has 0 radical (unpaired) electrons. The van der Waals surface area contributed by atoms with Gasteiger partial charge in [-0.2, -0.15) is 5.26 Å². The molecule has 0 saturated carbocycles. The van der Waals surface area contributed by atoms with E-state index in [9.17, 15) is 20.0 Å². The third-order valence-electron chi connectivity index (χ3n) is 7.24. The van der Waals surface area contributed by atoms with Gasteiger partial charge < -0.3 is 9.67 Å². The highest BCUT2D eigenvalue weighted by Crippen LogP contribution is 2.54. The number of ketones is 1. The molecule has 8 heteroatoms. The summed E-state index contributed by atoms with van der Waals surface area (Å²) in [5.74, 6) is -1.11. The van der Waals surface area contributed by atoms with E-state index in [-0.39, 0.29) is 28.8 Å². The molecule has 34 heavy (non-hydrogen) atoms. The lowest BCUT2D eigenvalue weighted by Gasteiger charge is -2.48. The second kappa shape index (κ2) is 7.73. The number of imidazole rings is 1. The van der Waals surface area contributed by atoms with Crippen molar-refractivity contribution in [2.24, 2.45) is 18.9 Å². The number of aromatic nitrogens is 4. The number of fused-ring (bicyclic) bond motifs is 3. The highest BCUT2D eigenvalue weighted by atomic mass is 16.4. The van der Waals surface area contributed by atoms with E-state index in [1.165, 1.54) is 0 Å². The van der Waals surface area contributed by atoms with Crippen molar-refractivity contribution in [1.29, 1.82) is 5.26 Å². The minimum absolute atomic E-state index is 0.109. The first kappa shape index (κ1) is 21.7. The average molecular weight is 454 g/mol. The maximum Gasteiger partial charge on any atom is 0.335 e. The molecule has 1 N–H and O–H groups in total. The number of Topliss-reactive ketones (excluding diaryl/α,β-unsaturated/α-hetero) is 1. The summed E-state index contributed by atoms with van der Waals surface area (Å²) < 4.78 is 1.91. The molecule has 2 aliphatic carbocycles. The van der Waals surface area contributed by atoms with Crippen LogP contribution in [0.2, 0.25) is 0 Å². The fourth-order valence-corrected chi connectivity index (χ4v) is 5.63. The van der Waals surface area contributed by atoms with Gasteiger partial charge in [0, 0.05) is 18.5 Å². The molecule has 0 aliphatic heterocycles. The van der Waals surface area contributed by atoms with E-state index in [1.54, 1.807) is 42.9 Å². The van der Waals surface area contributed by atoms with Crippen molar-refractivity contribution in [3.05, 3.63) is 76.6 Å². The van der Waals surface area contributed by atoms with Gasteiger partial charge in [0.1, 0.15) is 11.9 Å². The third kappa shape index (κ3) is 3.00. The predicted molar refractivity (Wildman–Crippen MR) is 123 cm³/mol. The Bertz CT molecular complexity index is 1410. The molecule has 5 rings (SSSR count). The SMILES string of the molecule is Cc1nc(-c2cncn2C)c2c(n1)[C@@]1(c3ccc(C(=O)O)cc3)C=C(C#N)C(=O)[C@@H](C)[C@@H]1CC2. The Balaban J connectivity index is 1.87. The number of aryl methyl sites for hydroxylation is 2. The van der Waals surface area contributed by atoms with Gasteiger partial charge in [-0.15, -0.1) is 0 Å². The number of carboxylic acids is 1. The summed E-state index contributed by atoms with van der Waals surface area (Å²) in [4.78, 5) is 38.4. The van der Waals surface area contributed by atoms with Gasteiger partial charge in [-0.3, -0.25) is 4.79 Å². The lowest BCUT2D eigenvalue weighted by atomic mass is 9.54. The zero-order chi connectivity index (χ0) is 24.2. The summed E-state index contributed by atoms with van der Waals surface area (Å²) in [6, 6.07) is 8.78. The molecule has 2 aromatic heterocycles. The highest BCUT2D eigenvalue weighted by Gasteiger charge is 2.53. The number of carboxylic acid groups (broad SMARTS) is 1. The molecule has 1 aromatic carbocycles. The Labute approximate surface area is 196 Å². The van der Waals surface area contributed by atoms with Crippen molar-refractivity contribution < 1.29 is 14.7 Å². The van der Waals surface area contributed by atoms with Gasteiger partial charge in [-0.05, 0) is 49.5 Å². The fraction of sp³-hybridized carbons (Fsp3) is 0.308. The second-order valence-electron chi connectivity index (χ2n) is 9.06. The smallest absolute Gasteiger partial charge is 0.335 e. The Morgan fingerprint density at radius 2 is 2.00 bits per heavy atom. The van der Waals surface area contributed by atoms with Crippen LogP contribution >= 0.6 is 0 Å². The first-order chi connectivity index (χ1) is 16.3.